The number of carbonyl (C=O) groups excluding carboxylic acids is 2. The van der Waals surface area contributed by atoms with E-state index in [1.165, 1.54) is 12.1 Å². The van der Waals surface area contributed by atoms with Gasteiger partial charge in [-0.25, -0.2) is 12.7 Å². The number of Topliss-reactive ketones (excluding diaryl/α,β-unsaturated/α-hetero) is 1. The summed E-state index contributed by atoms with van der Waals surface area (Å²) in [4.78, 5) is 24.0. The number of carbonyl (C=O) groups is 2. The Bertz CT molecular complexity index is 649. The van der Waals surface area contributed by atoms with E-state index in [-0.39, 0.29) is 29.6 Å². The molecule has 0 bridgehead atoms. The lowest BCUT2D eigenvalue weighted by Crippen LogP contribution is -2.38. The van der Waals surface area contributed by atoms with Crippen molar-refractivity contribution in [3.63, 3.8) is 0 Å². The van der Waals surface area contributed by atoms with Crippen molar-refractivity contribution in [3.05, 3.63) is 29.8 Å². The topological polar surface area (TPSA) is 71.5 Å². The third kappa shape index (κ3) is 3.94. The predicted octanol–water partition coefficient (Wildman–Crippen LogP) is 2.44. The minimum atomic E-state index is -3.84. The number of nitrogens with zero attached hydrogens (tertiary/aromatic N) is 1. The third-order valence-electron chi connectivity index (χ3n) is 3.80. The van der Waals surface area contributed by atoms with Crippen LogP contribution in [0, 0.1) is 6.92 Å². The molecule has 0 radical (unpaired) electrons. The van der Waals surface area contributed by atoms with E-state index in [0.29, 0.717) is 32.1 Å². The van der Waals surface area contributed by atoms with Gasteiger partial charge in [-0.15, -0.1) is 0 Å². The van der Waals surface area contributed by atoms with Gasteiger partial charge in [0.05, 0.1) is 4.90 Å². The number of ketones is 1. The Labute approximate surface area is 131 Å². The first-order valence-corrected chi connectivity index (χ1v) is 8.99. The van der Waals surface area contributed by atoms with Crippen LogP contribution in [0.1, 0.15) is 44.1 Å². The fourth-order valence-electron chi connectivity index (χ4n) is 2.48. The molecule has 0 atom stereocenters. The van der Waals surface area contributed by atoms with Crippen LogP contribution in [-0.2, 0) is 19.6 Å². The Morgan fingerprint density at radius 1 is 0.909 bits per heavy atom. The molecular weight excluding hydrogens is 302 g/mol. The number of hydrogen-bond donors (Lipinski definition) is 0. The van der Waals surface area contributed by atoms with Crippen LogP contribution >= 0.6 is 0 Å². The predicted molar refractivity (Wildman–Crippen MR) is 82.8 cm³/mol. The zero-order valence-corrected chi connectivity index (χ0v) is 13.6. The fraction of sp³-hybridized carbons (Fsp3) is 0.500. The molecule has 120 valence electrons. The molecule has 1 aromatic rings. The smallest absolute Gasteiger partial charge is 0.266 e. The van der Waals surface area contributed by atoms with Gasteiger partial charge in [-0.2, -0.15) is 0 Å². The van der Waals surface area contributed by atoms with Crippen LogP contribution in [0.5, 0.6) is 0 Å². The average molecular weight is 323 g/mol. The van der Waals surface area contributed by atoms with Gasteiger partial charge in [-0.3, -0.25) is 9.59 Å². The van der Waals surface area contributed by atoms with Crippen LogP contribution in [0.25, 0.3) is 0 Å². The van der Waals surface area contributed by atoms with E-state index in [9.17, 15) is 18.0 Å². The van der Waals surface area contributed by atoms with Crippen molar-refractivity contribution >= 4 is 21.7 Å². The van der Waals surface area contributed by atoms with E-state index >= 15 is 0 Å². The van der Waals surface area contributed by atoms with Gasteiger partial charge >= 0.3 is 0 Å². The second-order valence-corrected chi connectivity index (χ2v) is 7.50. The summed E-state index contributed by atoms with van der Waals surface area (Å²) in [5, 5.41) is 0. The molecule has 0 N–H and O–H groups in total. The second-order valence-electron chi connectivity index (χ2n) is 5.63. The number of aryl methyl sites for hydroxylation is 1. The van der Waals surface area contributed by atoms with Gasteiger partial charge < -0.3 is 0 Å². The summed E-state index contributed by atoms with van der Waals surface area (Å²) in [6, 6.07) is 6.45. The normalized spacial score (nSPS) is 18.3. The van der Waals surface area contributed by atoms with E-state index in [1.807, 2.05) is 6.92 Å². The van der Waals surface area contributed by atoms with Crippen LogP contribution in [-0.4, -0.2) is 31.0 Å². The molecule has 6 heteroatoms. The number of rotatable bonds is 2. The lowest BCUT2D eigenvalue weighted by Gasteiger charge is -2.23. The van der Waals surface area contributed by atoms with E-state index in [2.05, 4.69) is 0 Å². The summed E-state index contributed by atoms with van der Waals surface area (Å²) in [7, 11) is -3.84. The molecule has 0 aliphatic carbocycles. The molecular formula is C16H21NO4S. The Hall–Kier alpha value is -1.69. The highest BCUT2D eigenvalue weighted by Gasteiger charge is 2.29. The molecule has 0 aromatic heterocycles. The summed E-state index contributed by atoms with van der Waals surface area (Å²) in [6.45, 7) is 1.94. The van der Waals surface area contributed by atoms with Crippen molar-refractivity contribution in [1.82, 2.24) is 4.31 Å². The number of hydrogen-bond acceptors (Lipinski definition) is 4. The van der Waals surface area contributed by atoms with Crippen molar-refractivity contribution in [3.8, 4) is 0 Å². The maximum Gasteiger partial charge on any atom is 0.266 e. The lowest BCUT2D eigenvalue weighted by molar-refractivity contribution is -0.127. The quantitative estimate of drug-likeness (QED) is 0.838. The first kappa shape index (κ1) is 16.7. The Balaban J connectivity index is 2.26. The lowest BCUT2D eigenvalue weighted by atomic mass is 10.1. The number of sulfonamides is 1. The standard InChI is InChI=1S/C16H21NO4S/c1-13-8-10-15(11-9-13)22(20,21)17-12-4-6-14(18)5-2-3-7-16(17)19/h8-11H,2-7,12H2,1H3. The highest BCUT2D eigenvalue weighted by atomic mass is 32.2. The molecule has 2 rings (SSSR count). The molecule has 1 aromatic carbocycles. The van der Waals surface area contributed by atoms with Crippen LogP contribution < -0.4 is 0 Å². The van der Waals surface area contributed by atoms with Gasteiger partial charge in [0.2, 0.25) is 5.91 Å². The average Bonchev–Trinajstić information content (AvgIpc) is 2.48. The molecule has 0 saturated carbocycles. The first-order valence-electron chi connectivity index (χ1n) is 7.55. The highest BCUT2D eigenvalue weighted by molar-refractivity contribution is 7.89. The van der Waals surface area contributed by atoms with E-state index in [1.54, 1.807) is 12.1 Å². The Kier molecular flexibility index (Phi) is 5.34. The van der Waals surface area contributed by atoms with E-state index < -0.39 is 10.0 Å². The monoisotopic (exact) mass is 323 g/mol. The largest absolute Gasteiger partial charge is 0.300 e. The fourth-order valence-corrected chi connectivity index (χ4v) is 3.95. The molecule has 0 spiro atoms. The molecule has 1 saturated heterocycles. The number of amides is 1. The van der Waals surface area contributed by atoms with Gasteiger partial charge in [0.25, 0.3) is 10.0 Å². The van der Waals surface area contributed by atoms with Crippen LogP contribution in [0.15, 0.2) is 29.2 Å². The Morgan fingerprint density at radius 3 is 2.18 bits per heavy atom. The second kappa shape index (κ2) is 7.05. The maximum absolute atomic E-state index is 12.7. The molecule has 1 amide bonds. The van der Waals surface area contributed by atoms with E-state index in [4.69, 9.17) is 0 Å². The van der Waals surface area contributed by atoms with Gasteiger partial charge in [0, 0.05) is 25.8 Å². The highest BCUT2D eigenvalue weighted by Crippen LogP contribution is 2.20. The summed E-state index contributed by atoms with van der Waals surface area (Å²) in [6.07, 6.45) is 2.55. The molecule has 1 aliphatic heterocycles. The molecule has 1 fully saturated rings. The molecule has 1 heterocycles. The maximum atomic E-state index is 12.7. The SMILES string of the molecule is Cc1ccc(S(=O)(=O)N2CCCC(=O)CCCCC2=O)cc1. The van der Waals surface area contributed by atoms with Crippen LogP contribution in [0.4, 0.5) is 0 Å². The van der Waals surface area contributed by atoms with Crippen LogP contribution in [0.3, 0.4) is 0 Å². The number of benzene rings is 1. The van der Waals surface area contributed by atoms with Crippen molar-refractivity contribution in [2.75, 3.05) is 6.54 Å². The summed E-state index contributed by atoms with van der Waals surface area (Å²) < 4.78 is 26.3. The van der Waals surface area contributed by atoms with Crippen molar-refractivity contribution < 1.29 is 18.0 Å². The minimum absolute atomic E-state index is 0.0702. The van der Waals surface area contributed by atoms with Gasteiger partial charge in [-0.05, 0) is 38.3 Å². The van der Waals surface area contributed by atoms with Crippen molar-refractivity contribution in [2.45, 2.75) is 50.3 Å². The van der Waals surface area contributed by atoms with Gasteiger partial charge in [-0.1, -0.05) is 17.7 Å². The van der Waals surface area contributed by atoms with Crippen molar-refractivity contribution in [1.29, 1.82) is 0 Å². The Morgan fingerprint density at radius 2 is 1.50 bits per heavy atom. The summed E-state index contributed by atoms with van der Waals surface area (Å²) in [5.74, 6) is -0.239. The zero-order chi connectivity index (χ0) is 16.2. The minimum Gasteiger partial charge on any atom is -0.300 e. The molecule has 5 nitrogen and oxygen atoms in total. The summed E-state index contributed by atoms with van der Waals surface area (Å²) in [5.41, 5.74) is 0.955. The third-order valence-corrected chi connectivity index (χ3v) is 5.63. The van der Waals surface area contributed by atoms with Crippen LogP contribution in [0.2, 0.25) is 0 Å². The molecule has 1 aliphatic rings. The first-order chi connectivity index (χ1) is 10.4. The molecule has 22 heavy (non-hydrogen) atoms. The van der Waals surface area contributed by atoms with Gasteiger partial charge in [0.15, 0.2) is 0 Å². The van der Waals surface area contributed by atoms with Crippen molar-refractivity contribution in [2.24, 2.45) is 0 Å². The summed E-state index contributed by atoms with van der Waals surface area (Å²) >= 11 is 0. The van der Waals surface area contributed by atoms with E-state index in [0.717, 1.165) is 9.87 Å². The zero-order valence-electron chi connectivity index (χ0n) is 12.7. The molecule has 0 unspecified atom stereocenters. The van der Waals surface area contributed by atoms with Gasteiger partial charge in [0.1, 0.15) is 5.78 Å².